The number of amides is 2. The predicted molar refractivity (Wildman–Crippen MR) is 116 cm³/mol. The summed E-state index contributed by atoms with van der Waals surface area (Å²) in [4.78, 5) is 32.9. The van der Waals surface area contributed by atoms with Gasteiger partial charge in [-0.15, -0.1) is 0 Å². The van der Waals surface area contributed by atoms with Crippen LogP contribution >= 0.6 is 23.4 Å². The monoisotopic (exact) mass is 438 g/mol. The first-order valence-corrected chi connectivity index (χ1v) is 10.2. The van der Waals surface area contributed by atoms with Crippen molar-refractivity contribution in [3.05, 3.63) is 82.8 Å². The third kappa shape index (κ3) is 4.14. The van der Waals surface area contributed by atoms with Crippen molar-refractivity contribution >= 4 is 51.8 Å². The van der Waals surface area contributed by atoms with Crippen LogP contribution in [0, 0.1) is 0 Å². The highest BCUT2D eigenvalue weighted by Crippen LogP contribution is 2.32. The van der Waals surface area contributed by atoms with Gasteiger partial charge >= 0.3 is 0 Å². The normalized spacial score (nSPS) is 10.8. The van der Waals surface area contributed by atoms with Crippen LogP contribution in [0.25, 0.3) is 11.0 Å². The summed E-state index contributed by atoms with van der Waals surface area (Å²) in [7, 11) is 0. The second-order valence-electron chi connectivity index (χ2n) is 6.24. The van der Waals surface area contributed by atoms with E-state index in [1.165, 1.54) is 30.0 Å². The highest BCUT2D eigenvalue weighted by molar-refractivity contribution is 7.98. The number of carbonyl (C=O) groups excluding carboxylic acids is 2. The number of thioether (sulfide) groups is 1. The molecule has 0 unspecified atom stereocenters. The van der Waals surface area contributed by atoms with Gasteiger partial charge in [-0.2, -0.15) is 0 Å². The number of rotatable bonds is 6. The number of nitrogens with two attached hydrogens (primary N) is 1. The van der Waals surface area contributed by atoms with E-state index in [9.17, 15) is 9.59 Å². The molecule has 4 aromatic rings. The Balaban J connectivity index is 1.67. The lowest BCUT2D eigenvalue weighted by Crippen LogP contribution is -2.15. The van der Waals surface area contributed by atoms with Crippen LogP contribution in [0.1, 0.15) is 26.5 Å². The van der Waals surface area contributed by atoms with E-state index < -0.39 is 11.8 Å². The van der Waals surface area contributed by atoms with Crippen molar-refractivity contribution in [3.8, 4) is 0 Å². The second kappa shape index (κ2) is 8.56. The van der Waals surface area contributed by atoms with E-state index >= 15 is 0 Å². The Bertz CT molecular complexity index is 1240. The zero-order valence-electron chi connectivity index (χ0n) is 15.5. The molecule has 0 spiro atoms. The number of hydrogen-bond acceptors (Lipinski definition) is 6. The standard InChI is InChI=1S/C21H15ClN4O3S/c22-15-7-6-12(19(23)27)10-16(15)26-20(28)18-14(11-30-21-24-8-3-9-25-21)13-4-1-2-5-17(13)29-18/h1-10H,11H2,(H2,23,27)(H,26,28). The number of halogens is 1. The van der Waals surface area contributed by atoms with Gasteiger partial charge in [0.1, 0.15) is 5.58 Å². The average molecular weight is 439 g/mol. The first kappa shape index (κ1) is 19.9. The summed E-state index contributed by atoms with van der Waals surface area (Å²) < 4.78 is 5.84. The predicted octanol–water partition coefficient (Wildman–Crippen LogP) is 4.52. The van der Waals surface area contributed by atoms with Gasteiger partial charge in [0.05, 0.1) is 10.7 Å². The number of fused-ring (bicyclic) bond motifs is 1. The van der Waals surface area contributed by atoms with Crippen LogP contribution in [0.3, 0.4) is 0 Å². The minimum atomic E-state index is -0.620. The topological polar surface area (TPSA) is 111 Å². The van der Waals surface area contributed by atoms with Crippen LogP contribution in [-0.4, -0.2) is 21.8 Å². The molecule has 3 N–H and O–H groups in total. The number of benzene rings is 2. The molecule has 0 atom stereocenters. The smallest absolute Gasteiger partial charge is 0.291 e. The van der Waals surface area contributed by atoms with E-state index in [4.69, 9.17) is 21.8 Å². The molecule has 0 radical (unpaired) electrons. The molecule has 2 aromatic carbocycles. The van der Waals surface area contributed by atoms with E-state index in [-0.39, 0.29) is 22.0 Å². The van der Waals surface area contributed by atoms with Crippen molar-refractivity contribution in [2.75, 3.05) is 5.32 Å². The number of carbonyl (C=O) groups is 2. The molecule has 0 bridgehead atoms. The van der Waals surface area contributed by atoms with Crippen LogP contribution in [-0.2, 0) is 5.75 Å². The van der Waals surface area contributed by atoms with Gasteiger partial charge in [-0.3, -0.25) is 9.59 Å². The maximum atomic E-state index is 13.0. The van der Waals surface area contributed by atoms with Crippen molar-refractivity contribution in [2.45, 2.75) is 10.9 Å². The number of nitrogens with one attached hydrogen (secondary N) is 1. The molecule has 2 heterocycles. The van der Waals surface area contributed by atoms with Gasteiger partial charge in [0.2, 0.25) is 5.91 Å². The first-order valence-electron chi connectivity index (χ1n) is 8.84. The first-order chi connectivity index (χ1) is 14.5. The zero-order valence-corrected chi connectivity index (χ0v) is 17.0. The third-order valence-corrected chi connectivity index (χ3v) is 5.52. The van der Waals surface area contributed by atoms with Gasteiger partial charge in [0, 0.05) is 34.7 Å². The van der Waals surface area contributed by atoms with Gasteiger partial charge in [0.15, 0.2) is 10.9 Å². The number of furan rings is 1. The van der Waals surface area contributed by atoms with E-state index in [2.05, 4.69) is 15.3 Å². The van der Waals surface area contributed by atoms with Gasteiger partial charge < -0.3 is 15.5 Å². The van der Waals surface area contributed by atoms with Crippen LogP contribution in [0.2, 0.25) is 5.02 Å². The lowest BCUT2D eigenvalue weighted by molar-refractivity contribution is 0.0989. The zero-order chi connectivity index (χ0) is 21.1. The summed E-state index contributed by atoms with van der Waals surface area (Å²) in [5, 5.41) is 4.40. The minimum absolute atomic E-state index is 0.153. The molecular weight excluding hydrogens is 424 g/mol. The molecule has 9 heteroatoms. The molecule has 0 aliphatic heterocycles. The van der Waals surface area contributed by atoms with Crippen LogP contribution in [0.4, 0.5) is 5.69 Å². The molecule has 7 nitrogen and oxygen atoms in total. The van der Waals surface area contributed by atoms with Crippen LogP contribution < -0.4 is 11.1 Å². The second-order valence-corrected chi connectivity index (χ2v) is 7.59. The van der Waals surface area contributed by atoms with Crippen LogP contribution in [0.15, 0.2) is 70.5 Å². The van der Waals surface area contributed by atoms with E-state index in [0.717, 1.165) is 5.39 Å². The Kier molecular flexibility index (Phi) is 5.69. The Morgan fingerprint density at radius 2 is 1.87 bits per heavy atom. The van der Waals surface area contributed by atoms with E-state index in [1.54, 1.807) is 24.5 Å². The Labute approximate surface area is 180 Å². The van der Waals surface area contributed by atoms with Crippen molar-refractivity contribution in [3.63, 3.8) is 0 Å². The van der Waals surface area contributed by atoms with Crippen molar-refractivity contribution in [1.82, 2.24) is 9.97 Å². The SMILES string of the molecule is NC(=O)c1ccc(Cl)c(NC(=O)c2oc3ccccc3c2CSc2ncccn2)c1. The summed E-state index contributed by atoms with van der Waals surface area (Å²) in [6.45, 7) is 0. The fourth-order valence-corrected chi connectivity index (χ4v) is 3.87. The molecule has 0 saturated heterocycles. The number of primary amides is 1. The van der Waals surface area contributed by atoms with E-state index in [1.807, 2.05) is 18.2 Å². The molecule has 0 aliphatic carbocycles. The summed E-state index contributed by atoms with van der Waals surface area (Å²) >= 11 is 7.56. The van der Waals surface area contributed by atoms with Gasteiger partial charge in [-0.25, -0.2) is 9.97 Å². The summed E-state index contributed by atoms with van der Waals surface area (Å²) in [5.74, 6) is -0.524. The molecule has 150 valence electrons. The fourth-order valence-electron chi connectivity index (χ4n) is 2.88. The Hall–Kier alpha value is -3.36. The van der Waals surface area contributed by atoms with Crippen LogP contribution in [0.5, 0.6) is 0 Å². The molecule has 0 saturated carbocycles. The Morgan fingerprint density at radius 3 is 2.63 bits per heavy atom. The number of para-hydroxylation sites is 1. The molecule has 0 aliphatic rings. The molecule has 0 fully saturated rings. The van der Waals surface area contributed by atoms with Gasteiger partial charge in [-0.05, 0) is 30.3 Å². The quantitative estimate of drug-likeness (QED) is 0.338. The van der Waals surface area contributed by atoms with E-state index in [0.29, 0.717) is 22.1 Å². The number of aromatic nitrogens is 2. The van der Waals surface area contributed by atoms with Crippen molar-refractivity contribution < 1.29 is 14.0 Å². The maximum absolute atomic E-state index is 13.0. The van der Waals surface area contributed by atoms with Gasteiger partial charge in [0.25, 0.3) is 5.91 Å². The lowest BCUT2D eigenvalue weighted by atomic mass is 10.1. The van der Waals surface area contributed by atoms with Crippen molar-refractivity contribution in [2.24, 2.45) is 5.73 Å². The summed E-state index contributed by atoms with van der Waals surface area (Å²) in [6.07, 6.45) is 3.31. The molecular formula is C21H15ClN4O3S. The lowest BCUT2D eigenvalue weighted by Gasteiger charge is -2.08. The molecule has 30 heavy (non-hydrogen) atoms. The van der Waals surface area contributed by atoms with Gasteiger partial charge in [-0.1, -0.05) is 41.6 Å². The van der Waals surface area contributed by atoms with Crippen molar-refractivity contribution in [1.29, 1.82) is 0 Å². The largest absolute Gasteiger partial charge is 0.451 e. The summed E-state index contributed by atoms with van der Waals surface area (Å²) in [6, 6.07) is 13.5. The fraction of sp³-hybridized carbons (Fsp3) is 0.0476. The highest BCUT2D eigenvalue weighted by Gasteiger charge is 2.22. The third-order valence-electron chi connectivity index (χ3n) is 4.29. The molecule has 2 aromatic heterocycles. The molecule has 4 rings (SSSR count). The Morgan fingerprint density at radius 1 is 1.10 bits per heavy atom. The maximum Gasteiger partial charge on any atom is 0.291 e. The number of anilines is 1. The number of nitrogens with zero attached hydrogens (tertiary/aromatic N) is 2. The molecule has 2 amide bonds. The highest BCUT2D eigenvalue weighted by atomic mass is 35.5. The average Bonchev–Trinajstić information content (AvgIpc) is 3.13. The summed E-state index contributed by atoms with van der Waals surface area (Å²) in [5.41, 5.74) is 7.11. The number of hydrogen-bond donors (Lipinski definition) is 2. The minimum Gasteiger partial charge on any atom is -0.451 e.